The van der Waals surface area contributed by atoms with Gasteiger partial charge in [0.2, 0.25) is 0 Å². The Balaban J connectivity index is 2.03. The molecule has 3 rings (SSSR count). The molecule has 0 aliphatic heterocycles. The van der Waals surface area contributed by atoms with Gasteiger partial charge in [-0.05, 0) is 44.4 Å². The lowest BCUT2D eigenvalue weighted by Crippen LogP contribution is -2.24. The van der Waals surface area contributed by atoms with Crippen molar-refractivity contribution in [1.82, 2.24) is 9.13 Å². The number of hydrogen-bond acceptors (Lipinski definition) is 2. The molecule has 0 saturated heterocycles. The van der Waals surface area contributed by atoms with Crippen molar-refractivity contribution in [1.29, 1.82) is 0 Å². The molecule has 20 heavy (non-hydrogen) atoms. The third-order valence-corrected chi connectivity index (χ3v) is 4.34. The van der Waals surface area contributed by atoms with Crippen LogP contribution in [0.3, 0.4) is 0 Å². The second-order valence-electron chi connectivity index (χ2n) is 5.99. The van der Waals surface area contributed by atoms with E-state index >= 15 is 0 Å². The number of aromatic nitrogens is 2. The maximum atomic E-state index is 12.4. The fourth-order valence-electron chi connectivity index (χ4n) is 2.73. The van der Waals surface area contributed by atoms with Gasteiger partial charge in [-0.2, -0.15) is 0 Å². The standard InChI is InChI=1S/C16H21N3O/c1-12(2)18-8-9-19(15(18)20)14-5-3-4-13(10-14)16(11-17)6-7-16/h3-5,8-10,12H,6-7,11,17H2,1-2H3. The number of hydrogen-bond donors (Lipinski definition) is 1. The zero-order chi connectivity index (χ0) is 14.3. The van der Waals surface area contributed by atoms with E-state index < -0.39 is 0 Å². The van der Waals surface area contributed by atoms with Crippen molar-refractivity contribution in [3.05, 3.63) is 52.7 Å². The fourth-order valence-corrected chi connectivity index (χ4v) is 2.73. The predicted molar refractivity (Wildman–Crippen MR) is 80.4 cm³/mol. The minimum absolute atomic E-state index is 0.00902. The molecule has 1 aromatic carbocycles. The number of nitrogens with zero attached hydrogens (tertiary/aromatic N) is 2. The molecule has 0 spiro atoms. The molecule has 1 aliphatic carbocycles. The van der Waals surface area contributed by atoms with Gasteiger partial charge in [-0.3, -0.25) is 9.13 Å². The Kier molecular flexibility index (Phi) is 3.05. The van der Waals surface area contributed by atoms with E-state index in [9.17, 15) is 4.79 Å². The molecule has 2 N–H and O–H groups in total. The molecule has 1 heterocycles. The van der Waals surface area contributed by atoms with Crippen molar-refractivity contribution in [2.75, 3.05) is 6.54 Å². The first-order chi connectivity index (χ1) is 9.57. The van der Waals surface area contributed by atoms with Crippen molar-refractivity contribution in [2.24, 2.45) is 5.73 Å². The van der Waals surface area contributed by atoms with Crippen LogP contribution in [-0.2, 0) is 5.41 Å². The Morgan fingerprint density at radius 1 is 1.30 bits per heavy atom. The van der Waals surface area contributed by atoms with Gasteiger partial charge >= 0.3 is 5.69 Å². The highest BCUT2D eigenvalue weighted by molar-refractivity contribution is 5.42. The van der Waals surface area contributed by atoms with Crippen molar-refractivity contribution in [2.45, 2.75) is 38.1 Å². The van der Waals surface area contributed by atoms with E-state index in [1.165, 1.54) is 5.56 Å². The minimum atomic E-state index is 0.00902. The van der Waals surface area contributed by atoms with Gasteiger partial charge in [0, 0.05) is 30.4 Å². The van der Waals surface area contributed by atoms with Gasteiger partial charge in [-0.1, -0.05) is 12.1 Å². The summed E-state index contributed by atoms with van der Waals surface area (Å²) in [7, 11) is 0. The van der Waals surface area contributed by atoms with Crippen molar-refractivity contribution in [3.8, 4) is 5.69 Å². The molecule has 1 aliphatic rings. The smallest absolute Gasteiger partial charge is 0.330 e. The van der Waals surface area contributed by atoms with E-state index in [4.69, 9.17) is 5.73 Å². The lowest BCUT2D eigenvalue weighted by Gasteiger charge is -2.14. The van der Waals surface area contributed by atoms with Gasteiger partial charge in [-0.25, -0.2) is 4.79 Å². The van der Waals surface area contributed by atoms with Crippen molar-refractivity contribution in [3.63, 3.8) is 0 Å². The van der Waals surface area contributed by atoms with E-state index in [0.717, 1.165) is 18.5 Å². The van der Waals surface area contributed by atoms with Crippen LogP contribution in [-0.4, -0.2) is 15.7 Å². The zero-order valence-electron chi connectivity index (χ0n) is 12.0. The molecule has 0 unspecified atom stereocenters. The predicted octanol–water partition coefficient (Wildman–Crippen LogP) is 2.21. The Labute approximate surface area is 118 Å². The van der Waals surface area contributed by atoms with Gasteiger partial charge in [0.05, 0.1) is 5.69 Å². The Morgan fingerprint density at radius 2 is 2.05 bits per heavy atom. The molecular formula is C16H21N3O. The Morgan fingerprint density at radius 3 is 2.60 bits per heavy atom. The van der Waals surface area contributed by atoms with Gasteiger partial charge < -0.3 is 5.73 Å². The van der Waals surface area contributed by atoms with Crippen molar-refractivity contribution < 1.29 is 0 Å². The average Bonchev–Trinajstić information content (AvgIpc) is 3.16. The summed E-state index contributed by atoms with van der Waals surface area (Å²) in [4.78, 5) is 12.4. The lowest BCUT2D eigenvalue weighted by molar-refractivity contribution is 0.574. The maximum Gasteiger partial charge on any atom is 0.332 e. The summed E-state index contributed by atoms with van der Waals surface area (Å²) in [6, 6.07) is 8.38. The van der Waals surface area contributed by atoms with Crippen LogP contribution in [0.5, 0.6) is 0 Å². The largest absolute Gasteiger partial charge is 0.332 e. The average molecular weight is 271 g/mol. The highest BCUT2D eigenvalue weighted by atomic mass is 16.1. The molecule has 0 bridgehead atoms. The number of imidazole rings is 1. The van der Waals surface area contributed by atoms with Gasteiger partial charge in [0.15, 0.2) is 0 Å². The SMILES string of the molecule is CC(C)n1ccn(-c2cccc(C3(CN)CC3)c2)c1=O. The molecule has 4 nitrogen and oxygen atoms in total. The molecule has 4 heteroatoms. The summed E-state index contributed by atoms with van der Waals surface area (Å²) in [6.45, 7) is 4.70. The van der Waals surface area contributed by atoms with Crippen LogP contribution in [0.1, 0.15) is 38.3 Å². The number of nitrogens with two attached hydrogens (primary N) is 1. The second kappa shape index (κ2) is 4.63. The lowest BCUT2D eigenvalue weighted by atomic mass is 9.96. The Bertz CT molecular complexity index is 677. The summed E-state index contributed by atoms with van der Waals surface area (Å²) < 4.78 is 3.44. The molecule has 1 fully saturated rings. The van der Waals surface area contributed by atoms with Gasteiger partial charge in [-0.15, -0.1) is 0 Å². The molecule has 0 radical (unpaired) electrons. The highest BCUT2D eigenvalue weighted by Crippen LogP contribution is 2.47. The number of rotatable bonds is 4. The topological polar surface area (TPSA) is 52.9 Å². The van der Waals surface area contributed by atoms with Crippen molar-refractivity contribution >= 4 is 0 Å². The van der Waals surface area contributed by atoms with Crippen LogP contribution < -0.4 is 11.4 Å². The quantitative estimate of drug-likeness (QED) is 0.927. The van der Waals surface area contributed by atoms with Crippen LogP contribution in [0, 0.1) is 0 Å². The summed E-state index contributed by atoms with van der Waals surface area (Å²) in [5.74, 6) is 0. The summed E-state index contributed by atoms with van der Waals surface area (Å²) in [5, 5.41) is 0. The summed E-state index contributed by atoms with van der Waals surface area (Å²) in [6.07, 6.45) is 5.97. The number of benzene rings is 1. The fraction of sp³-hybridized carbons (Fsp3) is 0.438. The van der Waals surface area contributed by atoms with Gasteiger partial charge in [0.25, 0.3) is 0 Å². The van der Waals surface area contributed by atoms with Crippen LogP contribution in [0.25, 0.3) is 5.69 Å². The van der Waals surface area contributed by atoms with Gasteiger partial charge in [0.1, 0.15) is 0 Å². The van der Waals surface area contributed by atoms with E-state index in [2.05, 4.69) is 12.1 Å². The molecule has 1 aromatic heterocycles. The first-order valence-corrected chi connectivity index (χ1v) is 7.18. The minimum Gasteiger partial charge on any atom is -0.330 e. The summed E-state index contributed by atoms with van der Waals surface area (Å²) in [5.41, 5.74) is 8.23. The van der Waals surface area contributed by atoms with Crippen LogP contribution in [0.4, 0.5) is 0 Å². The normalized spacial score (nSPS) is 16.6. The van der Waals surface area contributed by atoms with E-state index in [0.29, 0.717) is 6.54 Å². The first-order valence-electron chi connectivity index (χ1n) is 7.18. The van der Waals surface area contributed by atoms with E-state index in [1.807, 2.05) is 38.4 Å². The monoisotopic (exact) mass is 271 g/mol. The highest BCUT2D eigenvalue weighted by Gasteiger charge is 2.42. The second-order valence-corrected chi connectivity index (χ2v) is 5.99. The molecule has 0 amide bonds. The van der Waals surface area contributed by atoms with Crippen LogP contribution in [0.15, 0.2) is 41.5 Å². The summed E-state index contributed by atoms with van der Waals surface area (Å²) >= 11 is 0. The third-order valence-electron chi connectivity index (χ3n) is 4.34. The third kappa shape index (κ3) is 2.00. The van der Waals surface area contributed by atoms with E-state index in [1.54, 1.807) is 9.13 Å². The molecule has 2 aromatic rings. The molecule has 106 valence electrons. The van der Waals surface area contributed by atoms with Crippen LogP contribution in [0.2, 0.25) is 0 Å². The molecular weight excluding hydrogens is 250 g/mol. The zero-order valence-corrected chi connectivity index (χ0v) is 12.0. The Hall–Kier alpha value is -1.81. The van der Waals surface area contributed by atoms with Crippen LogP contribution >= 0.6 is 0 Å². The first kappa shape index (κ1) is 13.2. The molecule has 1 saturated carbocycles. The maximum absolute atomic E-state index is 12.4. The molecule has 0 atom stereocenters. The van der Waals surface area contributed by atoms with E-state index in [-0.39, 0.29) is 17.1 Å².